The summed E-state index contributed by atoms with van der Waals surface area (Å²) in [6, 6.07) is 1.14. The Balaban J connectivity index is 1.69. The van der Waals surface area contributed by atoms with Crippen LogP contribution < -0.4 is 10.2 Å². The quantitative estimate of drug-likeness (QED) is 0.220. The smallest absolute Gasteiger partial charge is 0.230 e. The third-order valence-corrected chi connectivity index (χ3v) is 10.2. The maximum atomic E-state index is 5.12. The van der Waals surface area contributed by atoms with Crippen molar-refractivity contribution in [3.8, 4) is 0 Å². The van der Waals surface area contributed by atoms with Crippen LogP contribution >= 0.6 is 0 Å². The minimum atomic E-state index is -0.112. The number of nitrogens with one attached hydrogen (secondary N) is 1. The Morgan fingerprint density at radius 1 is 0.667 bits per heavy atom. The number of aryl methyl sites for hydroxylation is 1. The zero-order chi connectivity index (χ0) is 34.1. The van der Waals surface area contributed by atoms with E-state index in [2.05, 4.69) is 112 Å². The average Bonchev–Trinajstić information content (AvgIpc) is 2.76. The molecule has 0 saturated heterocycles. The monoisotopic (exact) mass is 627 g/mol. The second kappa shape index (κ2) is 14.0. The summed E-state index contributed by atoms with van der Waals surface area (Å²) in [5.41, 5.74) is 1.59. The predicted octanol–water partition coefficient (Wildman–Crippen LogP) is 10.3. The molecule has 6 nitrogen and oxygen atoms in total. The van der Waals surface area contributed by atoms with Gasteiger partial charge in [-0.1, -0.05) is 89.0 Å². The third-order valence-electron chi connectivity index (χ3n) is 10.2. The summed E-state index contributed by atoms with van der Waals surface area (Å²) in [4.78, 5) is 20.1. The Kier molecular flexibility index (Phi) is 11.8. The molecule has 0 aliphatic heterocycles. The second-order valence-corrected chi connectivity index (χ2v) is 20.5. The zero-order valence-electron chi connectivity index (χ0n) is 32.6. The molecule has 0 amide bonds. The fourth-order valence-corrected chi connectivity index (χ4v) is 10.1. The van der Waals surface area contributed by atoms with Gasteiger partial charge in [-0.25, -0.2) is 0 Å². The van der Waals surface area contributed by atoms with Crippen molar-refractivity contribution >= 4 is 11.9 Å². The van der Waals surface area contributed by atoms with Gasteiger partial charge in [0.05, 0.1) is 0 Å². The highest BCUT2D eigenvalue weighted by Crippen LogP contribution is 2.48. The highest BCUT2D eigenvalue weighted by Gasteiger charge is 2.42. The van der Waals surface area contributed by atoms with E-state index in [4.69, 9.17) is 15.0 Å². The normalized spacial score (nSPS) is 22.0. The molecule has 0 unspecified atom stereocenters. The highest BCUT2D eigenvalue weighted by molar-refractivity contribution is 5.40. The summed E-state index contributed by atoms with van der Waals surface area (Å²) in [7, 11) is 2.37. The Morgan fingerprint density at radius 2 is 1.13 bits per heavy atom. The maximum Gasteiger partial charge on any atom is 0.230 e. The minimum absolute atomic E-state index is 0.112. The number of anilines is 2. The van der Waals surface area contributed by atoms with E-state index in [9.17, 15) is 0 Å². The van der Waals surface area contributed by atoms with E-state index < -0.39 is 0 Å². The van der Waals surface area contributed by atoms with Crippen LogP contribution in [0.4, 0.5) is 11.9 Å². The van der Waals surface area contributed by atoms with Gasteiger partial charge in [-0.2, -0.15) is 15.0 Å². The number of hydrogen-bond acceptors (Lipinski definition) is 6. The van der Waals surface area contributed by atoms with Crippen molar-refractivity contribution in [2.45, 2.75) is 185 Å². The van der Waals surface area contributed by atoms with Gasteiger partial charge in [-0.05, 0) is 119 Å². The van der Waals surface area contributed by atoms with Crippen molar-refractivity contribution in [1.82, 2.24) is 19.9 Å². The largest absolute Gasteiger partial charge is 0.349 e. The molecule has 0 radical (unpaired) electrons. The first-order valence-electron chi connectivity index (χ1n) is 18.3. The van der Waals surface area contributed by atoms with Crippen molar-refractivity contribution in [3.05, 3.63) is 5.82 Å². The molecule has 45 heavy (non-hydrogen) atoms. The van der Waals surface area contributed by atoms with Crippen LogP contribution in [0.25, 0.3) is 0 Å². The molecule has 3 rings (SSSR count). The van der Waals surface area contributed by atoms with Crippen LogP contribution in [0, 0.1) is 34.0 Å². The summed E-state index contributed by atoms with van der Waals surface area (Å²) in [6.07, 6.45) is 13.6. The van der Waals surface area contributed by atoms with Crippen LogP contribution in [0.3, 0.4) is 0 Å². The van der Waals surface area contributed by atoms with Gasteiger partial charge in [-0.3, -0.25) is 0 Å². The summed E-state index contributed by atoms with van der Waals surface area (Å²) in [6.45, 7) is 35.3. The SMILES string of the molecule is Cc1nc(NC(C)(C)CC(C)(C)C)nc(N(CCCCCCN(C)C2CC(C)(C)CC(C)(C)C2)C2CC(C)(C)CC(C)(C)C2)n1. The van der Waals surface area contributed by atoms with Crippen LogP contribution in [0.5, 0.6) is 0 Å². The van der Waals surface area contributed by atoms with Crippen molar-refractivity contribution in [2.75, 3.05) is 30.4 Å². The molecule has 6 heteroatoms. The number of unbranched alkanes of at least 4 members (excludes halogenated alkanes) is 3. The Morgan fingerprint density at radius 3 is 1.62 bits per heavy atom. The van der Waals surface area contributed by atoms with E-state index in [1.165, 1.54) is 70.8 Å². The van der Waals surface area contributed by atoms with Crippen LogP contribution in [0.15, 0.2) is 0 Å². The predicted molar refractivity (Wildman–Crippen MR) is 195 cm³/mol. The molecule has 0 spiro atoms. The van der Waals surface area contributed by atoms with Crippen molar-refractivity contribution in [1.29, 1.82) is 0 Å². The van der Waals surface area contributed by atoms with Gasteiger partial charge in [-0.15, -0.1) is 0 Å². The van der Waals surface area contributed by atoms with Crippen LogP contribution in [0.2, 0.25) is 0 Å². The van der Waals surface area contributed by atoms with Crippen LogP contribution in [-0.2, 0) is 0 Å². The van der Waals surface area contributed by atoms with E-state index >= 15 is 0 Å². The van der Waals surface area contributed by atoms with Gasteiger partial charge < -0.3 is 15.1 Å². The lowest BCUT2D eigenvalue weighted by Gasteiger charge is -2.48. The fourth-order valence-electron chi connectivity index (χ4n) is 10.1. The van der Waals surface area contributed by atoms with E-state index in [0.717, 1.165) is 24.7 Å². The average molecular weight is 627 g/mol. The van der Waals surface area contributed by atoms with E-state index in [-0.39, 0.29) is 11.0 Å². The molecule has 0 aromatic carbocycles. The maximum absolute atomic E-state index is 5.12. The Labute approximate surface area is 279 Å². The second-order valence-electron chi connectivity index (χ2n) is 20.5. The lowest BCUT2D eigenvalue weighted by molar-refractivity contribution is 0.0349. The molecule has 0 bridgehead atoms. The van der Waals surface area contributed by atoms with Gasteiger partial charge in [0.1, 0.15) is 5.82 Å². The van der Waals surface area contributed by atoms with E-state index in [0.29, 0.717) is 39.7 Å². The minimum Gasteiger partial charge on any atom is -0.349 e. The van der Waals surface area contributed by atoms with Gasteiger partial charge in [0.15, 0.2) is 0 Å². The van der Waals surface area contributed by atoms with Crippen molar-refractivity contribution in [2.24, 2.45) is 27.1 Å². The van der Waals surface area contributed by atoms with Gasteiger partial charge in [0.25, 0.3) is 0 Å². The van der Waals surface area contributed by atoms with Crippen LogP contribution in [0.1, 0.15) is 166 Å². The fraction of sp³-hybridized carbons (Fsp3) is 0.923. The molecule has 260 valence electrons. The zero-order valence-corrected chi connectivity index (χ0v) is 32.6. The third kappa shape index (κ3) is 12.6. The van der Waals surface area contributed by atoms with E-state index in [1.807, 2.05) is 6.92 Å². The first-order chi connectivity index (χ1) is 20.4. The lowest BCUT2D eigenvalue weighted by Crippen LogP contribution is -2.47. The molecule has 1 N–H and O–H groups in total. The first kappa shape index (κ1) is 38.0. The number of hydrogen-bond donors (Lipinski definition) is 1. The molecular formula is C39H74N6. The molecule has 1 aromatic heterocycles. The van der Waals surface area contributed by atoms with Gasteiger partial charge >= 0.3 is 0 Å². The van der Waals surface area contributed by atoms with E-state index in [1.54, 1.807) is 0 Å². The van der Waals surface area contributed by atoms with Gasteiger partial charge in [0, 0.05) is 24.2 Å². The lowest BCUT2D eigenvalue weighted by atomic mass is 9.63. The topological polar surface area (TPSA) is 57.2 Å². The van der Waals surface area contributed by atoms with Crippen molar-refractivity contribution in [3.63, 3.8) is 0 Å². The molecular weight excluding hydrogens is 552 g/mol. The molecule has 2 aliphatic carbocycles. The molecule has 2 saturated carbocycles. The standard InChI is InChI=1S/C39H74N6/c1-29-40-32(43-39(13,14)26-34(2,3)4)42-33(41-29)45(31-24-37(9,10)28-38(11,12)25-31)21-19-17-16-18-20-44(15)30-22-35(5,6)27-36(7,8)23-30/h30-31H,16-28H2,1-15H3,(H,40,41,42,43). The van der Waals surface area contributed by atoms with Gasteiger partial charge in [0.2, 0.25) is 11.9 Å². The summed E-state index contributed by atoms with van der Waals surface area (Å²) < 4.78 is 0. The molecule has 1 aromatic rings. The Hall–Kier alpha value is -1.43. The Bertz CT molecular complexity index is 1060. The van der Waals surface area contributed by atoms with Crippen LogP contribution in [-0.4, -0.2) is 57.6 Å². The summed E-state index contributed by atoms with van der Waals surface area (Å²) in [5, 5.41) is 3.68. The molecule has 2 aliphatic rings. The number of nitrogens with zero attached hydrogens (tertiary/aromatic N) is 5. The first-order valence-corrected chi connectivity index (χ1v) is 18.3. The molecule has 1 heterocycles. The highest BCUT2D eigenvalue weighted by atomic mass is 15.3. The number of rotatable bonds is 13. The molecule has 2 fully saturated rings. The summed E-state index contributed by atoms with van der Waals surface area (Å²) in [5.74, 6) is 2.37. The molecule has 0 atom stereocenters. The number of aromatic nitrogens is 3. The van der Waals surface area contributed by atoms with Crippen molar-refractivity contribution < 1.29 is 0 Å². The summed E-state index contributed by atoms with van der Waals surface area (Å²) >= 11 is 0.